The summed E-state index contributed by atoms with van der Waals surface area (Å²) in [5.41, 5.74) is 11.4. The molecule has 1 aromatic heterocycles. The summed E-state index contributed by atoms with van der Waals surface area (Å²) in [5, 5.41) is 5.02. The van der Waals surface area contributed by atoms with Crippen molar-refractivity contribution in [3.05, 3.63) is 225 Å². The average Bonchev–Trinajstić information content (AvgIpc) is 3.51. The summed E-state index contributed by atoms with van der Waals surface area (Å²) in [4.78, 5) is 2.12. The number of fused-ring (bicyclic) bond motifs is 4. The van der Waals surface area contributed by atoms with Crippen molar-refractivity contribution in [2.24, 2.45) is 0 Å². The predicted molar refractivity (Wildman–Crippen MR) is 229 cm³/mol. The molecule has 0 fully saturated rings. The first kappa shape index (κ1) is 35.2. The van der Waals surface area contributed by atoms with Gasteiger partial charge in [-0.1, -0.05) is 165 Å². The Bertz CT molecular complexity index is 2470. The molecule has 52 heavy (non-hydrogen) atoms. The van der Waals surface area contributed by atoms with Crippen molar-refractivity contribution in [2.45, 2.75) is 6.92 Å². The monoisotopic (exact) mass is 672 g/mol. The Morgan fingerprint density at radius 1 is 0.654 bits per heavy atom. The highest BCUT2D eigenvalue weighted by Gasteiger charge is 2.17. The molecule has 6 aromatic carbocycles. The quantitative estimate of drug-likeness (QED) is 0.131. The number of para-hydroxylation sites is 3. The van der Waals surface area contributed by atoms with Gasteiger partial charge in [-0.2, -0.15) is 0 Å². The Labute approximate surface area is 308 Å². The summed E-state index contributed by atoms with van der Waals surface area (Å²) in [6.45, 7) is 16.9. The van der Waals surface area contributed by atoms with Crippen molar-refractivity contribution in [2.75, 3.05) is 11.9 Å². The van der Waals surface area contributed by atoms with E-state index in [4.69, 9.17) is 0 Å². The Kier molecular flexibility index (Phi) is 11.1. The molecule has 0 aliphatic heterocycles. The lowest BCUT2D eigenvalue weighted by Gasteiger charge is -2.14. The molecule has 0 radical (unpaired) electrons. The van der Waals surface area contributed by atoms with E-state index >= 15 is 0 Å². The maximum atomic E-state index is 3.96. The molecule has 0 unspecified atom stereocenters. The van der Waals surface area contributed by atoms with Gasteiger partial charge in [0.15, 0.2) is 0 Å². The highest BCUT2D eigenvalue weighted by molar-refractivity contribution is 6.17. The van der Waals surface area contributed by atoms with E-state index in [1.54, 1.807) is 12.2 Å². The van der Waals surface area contributed by atoms with Crippen LogP contribution in [-0.2, 0) is 0 Å². The standard InChI is InChI=1S/C41H32N2.C9H12/c1-3-13-30(26-27-42(2)35-16-6-4-7-17-35)31-22-24-32(25-23-31)37-20-12-21-38-39-28-33-14-10-11-15-34(33)29-40(39)43(41(37)38)36-18-8-5-9-19-36;1-5-7-9(6-2)8(3)4/h3-29H,1H2,2H3;5-7H,1-3H2,4H3/b27-26-,30-13+;9-7-. The first-order valence-electron chi connectivity index (χ1n) is 17.5. The van der Waals surface area contributed by atoms with Crippen LogP contribution < -0.4 is 4.90 Å². The zero-order valence-corrected chi connectivity index (χ0v) is 30.0. The molecule has 2 heteroatoms. The highest BCUT2D eigenvalue weighted by atomic mass is 15.1. The maximum absolute atomic E-state index is 3.96. The lowest BCUT2D eigenvalue weighted by Crippen LogP contribution is -2.07. The van der Waals surface area contributed by atoms with Gasteiger partial charge in [-0.25, -0.2) is 0 Å². The Morgan fingerprint density at radius 2 is 1.29 bits per heavy atom. The van der Waals surface area contributed by atoms with Gasteiger partial charge in [0.1, 0.15) is 0 Å². The minimum Gasteiger partial charge on any atom is -0.351 e. The van der Waals surface area contributed by atoms with Crippen molar-refractivity contribution < 1.29 is 0 Å². The summed E-state index contributed by atoms with van der Waals surface area (Å²) in [5.74, 6) is 0. The van der Waals surface area contributed by atoms with Crippen LogP contribution >= 0.6 is 0 Å². The van der Waals surface area contributed by atoms with E-state index in [1.807, 2.05) is 25.1 Å². The summed E-state index contributed by atoms with van der Waals surface area (Å²) in [6, 6.07) is 49.9. The SMILES string of the molecule is C=C/C=C(/C=C)C(=C)C.C=C/C=C(\C=C/N(C)c1ccccc1)c1ccc(-c2cccc3c4cc5ccccc5cc4n(-c4ccccc4)c23)cc1. The van der Waals surface area contributed by atoms with Crippen LogP contribution in [0.15, 0.2) is 220 Å². The number of benzene rings is 6. The summed E-state index contributed by atoms with van der Waals surface area (Å²) >= 11 is 0. The maximum Gasteiger partial charge on any atom is 0.0619 e. The fourth-order valence-electron chi connectivity index (χ4n) is 6.50. The fourth-order valence-corrected chi connectivity index (χ4v) is 6.50. The highest BCUT2D eigenvalue weighted by Crippen LogP contribution is 2.40. The molecule has 0 aliphatic rings. The van der Waals surface area contributed by atoms with Crippen LogP contribution in [0.4, 0.5) is 5.69 Å². The van der Waals surface area contributed by atoms with Gasteiger partial charge in [0.25, 0.3) is 0 Å². The molecule has 0 atom stereocenters. The van der Waals surface area contributed by atoms with E-state index in [2.05, 4.69) is 195 Å². The minimum atomic E-state index is 1.02. The van der Waals surface area contributed by atoms with Gasteiger partial charge in [-0.05, 0) is 82.4 Å². The summed E-state index contributed by atoms with van der Waals surface area (Å²) < 4.78 is 2.42. The Morgan fingerprint density at radius 3 is 1.90 bits per heavy atom. The van der Waals surface area contributed by atoms with Crippen LogP contribution in [0, 0.1) is 0 Å². The number of allylic oxidation sites excluding steroid dienone is 9. The van der Waals surface area contributed by atoms with E-state index in [0.717, 1.165) is 33.7 Å². The number of rotatable bonds is 10. The van der Waals surface area contributed by atoms with E-state index in [1.165, 1.54) is 43.7 Å². The number of anilines is 1. The minimum absolute atomic E-state index is 1.02. The molecule has 0 saturated carbocycles. The molecule has 0 bridgehead atoms. The van der Waals surface area contributed by atoms with Gasteiger partial charge >= 0.3 is 0 Å². The first-order valence-corrected chi connectivity index (χ1v) is 17.5. The predicted octanol–water partition coefficient (Wildman–Crippen LogP) is 13.7. The lowest BCUT2D eigenvalue weighted by atomic mass is 9.98. The molecular formula is C50H44N2. The molecule has 7 rings (SSSR count). The van der Waals surface area contributed by atoms with Gasteiger partial charge in [0.05, 0.1) is 11.0 Å². The number of aromatic nitrogens is 1. The summed E-state index contributed by atoms with van der Waals surface area (Å²) in [7, 11) is 2.07. The Hall–Kier alpha value is -6.64. The molecule has 1 heterocycles. The Balaban J connectivity index is 0.000000458. The molecular weight excluding hydrogens is 629 g/mol. The second-order valence-electron chi connectivity index (χ2n) is 12.6. The molecule has 0 saturated heterocycles. The van der Waals surface area contributed by atoms with Crippen molar-refractivity contribution >= 4 is 43.8 Å². The molecule has 0 amide bonds. The van der Waals surface area contributed by atoms with E-state index < -0.39 is 0 Å². The second kappa shape index (κ2) is 16.4. The number of hydrogen-bond donors (Lipinski definition) is 0. The molecule has 7 aromatic rings. The second-order valence-corrected chi connectivity index (χ2v) is 12.6. The van der Waals surface area contributed by atoms with Crippen molar-refractivity contribution in [3.8, 4) is 16.8 Å². The van der Waals surface area contributed by atoms with Gasteiger partial charge in [0, 0.05) is 41.0 Å². The van der Waals surface area contributed by atoms with Crippen LogP contribution in [0.25, 0.3) is 55.0 Å². The van der Waals surface area contributed by atoms with Crippen molar-refractivity contribution in [1.82, 2.24) is 4.57 Å². The third kappa shape index (κ3) is 7.57. The molecule has 0 aliphatic carbocycles. The summed E-state index contributed by atoms with van der Waals surface area (Å²) in [6.07, 6.45) is 13.5. The van der Waals surface area contributed by atoms with E-state index in [9.17, 15) is 0 Å². The van der Waals surface area contributed by atoms with Gasteiger partial charge < -0.3 is 9.47 Å². The molecule has 0 N–H and O–H groups in total. The smallest absolute Gasteiger partial charge is 0.0619 e. The van der Waals surface area contributed by atoms with Gasteiger partial charge in [0.2, 0.25) is 0 Å². The van der Waals surface area contributed by atoms with Crippen LogP contribution in [0.2, 0.25) is 0 Å². The third-order valence-electron chi connectivity index (χ3n) is 9.15. The molecule has 2 nitrogen and oxygen atoms in total. The molecule has 0 spiro atoms. The van der Waals surface area contributed by atoms with Crippen LogP contribution in [0.3, 0.4) is 0 Å². The van der Waals surface area contributed by atoms with Crippen molar-refractivity contribution in [1.29, 1.82) is 0 Å². The first-order chi connectivity index (χ1) is 25.4. The average molecular weight is 673 g/mol. The molecule has 254 valence electrons. The van der Waals surface area contributed by atoms with Gasteiger partial charge in [-0.3, -0.25) is 0 Å². The topological polar surface area (TPSA) is 8.17 Å². The zero-order valence-electron chi connectivity index (χ0n) is 30.0. The van der Waals surface area contributed by atoms with E-state index in [0.29, 0.717) is 0 Å². The number of nitrogens with zero attached hydrogens (tertiary/aromatic N) is 2. The van der Waals surface area contributed by atoms with Crippen LogP contribution in [-0.4, -0.2) is 11.6 Å². The largest absolute Gasteiger partial charge is 0.351 e. The zero-order chi connectivity index (χ0) is 36.5. The van der Waals surface area contributed by atoms with Gasteiger partial charge in [-0.15, -0.1) is 0 Å². The number of hydrogen-bond acceptors (Lipinski definition) is 1. The lowest BCUT2D eigenvalue weighted by molar-refractivity contribution is 1.18. The van der Waals surface area contributed by atoms with E-state index in [-0.39, 0.29) is 0 Å². The van der Waals surface area contributed by atoms with Crippen molar-refractivity contribution in [3.63, 3.8) is 0 Å². The third-order valence-corrected chi connectivity index (χ3v) is 9.15. The fraction of sp³-hybridized carbons (Fsp3) is 0.0400. The van der Waals surface area contributed by atoms with Crippen LogP contribution in [0.1, 0.15) is 12.5 Å². The van der Waals surface area contributed by atoms with Crippen LogP contribution in [0.5, 0.6) is 0 Å². The normalized spacial score (nSPS) is 11.7.